The number of imidazole rings is 1. The minimum absolute atomic E-state index is 0.0152. The Labute approximate surface area is 101 Å². The van der Waals surface area contributed by atoms with E-state index in [0.717, 1.165) is 4.57 Å². The van der Waals surface area contributed by atoms with Gasteiger partial charge in [-0.05, 0) is 24.3 Å². The van der Waals surface area contributed by atoms with Crippen LogP contribution < -0.4 is 16.6 Å². The number of aromatic nitrogens is 2. The molecule has 4 N–H and O–H groups in total. The van der Waals surface area contributed by atoms with E-state index in [2.05, 4.69) is 4.98 Å². The Morgan fingerprint density at radius 1 is 1.44 bits per heavy atom. The highest BCUT2D eigenvalue weighted by Crippen LogP contribution is 2.17. The number of nitrogens with zero attached hydrogens (tertiary/aromatic N) is 3. The van der Waals surface area contributed by atoms with Crippen LogP contribution in [0, 0.1) is 16.5 Å². The molecule has 2 aromatic rings. The lowest BCUT2D eigenvalue weighted by Gasteiger charge is -2.21. The van der Waals surface area contributed by atoms with Crippen LogP contribution in [-0.4, -0.2) is 14.8 Å². The van der Waals surface area contributed by atoms with Gasteiger partial charge in [0.05, 0.1) is 11.4 Å². The van der Waals surface area contributed by atoms with Gasteiger partial charge in [0, 0.05) is 0 Å². The number of nitrogen functional groups attached to an aromatic ring is 1. The van der Waals surface area contributed by atoms with Crippen molar-refractivity contribution in [2.45, 2.75) is 0 Å². The van der Waals surface area contributed by atoms with Crippen LogP contribution in [0.15, 0.2) is 29.1 Å². The second kappa shape index (κ2) is 4.25. The lowest BCUT2D eigenvalue weighted by atomic mass is 10.3. The Hall–Kier alpha value is -2.76. The third-order valence-electron chi connectivity index (χ3n) is 2.37. The fourth-order valence-electron chi connectivity index (χ4n) is 1.52. The molecule has 0 fully saturated rings. The van der Waals surface area contributed by atoms with Crippen molar-refractivity contribution >= 4 is 11.5 Å². The average Bonchev–Trinajstić information content (AvgIpc) is 2.64. The molecule has 0 radical (unpaired) electrons. The number of hydrogen-bond donors (Lipinski definition) is 3. The maximum absolute atomic E-state index is 11.6. The fourth-order valence-corrected chi connectivity index (χ4v) is 1.52. The van der Waals surface area contributed by atoms with Crippen molar-refractivity contribution in [1.82, 2.24) is 9.55 Å². The summed E-state index contributed by atoms with van der Waals surface area (Å²) < 4.78 is 1.09. The Kier molecular flexibility index (Phi) is 2.77. The summed E-state index contributed by atoms with van der Waals surface area (Å²) in [6.45, 7) is 0. The predicted molar refractivity (Wildman–Crippen MR) is 63.1 cm³/mol. The summed E-state index contributed by atoms with van der Waals surface area (Å²) in [4.78, 5) is 13.9. The van der Waals surface area contributed by atoms with Gasteiger partial charge in [-0.1, -0.05) is 0 Å². The number of nitrogens with two attached hydrogens (primary N) is 1. The van der Waals surface area contributed by atoms with Crippen LogP contribution in [0.1, 0.15) is 5.69 Å². The van der Waals surface area contributed by atoms with Crippen LogP contribution in [0.5, 0.6) is 0 Å². The summed E-state index contributed by atoms with van der Waals surface area (Å²) in [6, 6.07) is 7.22. The summed E-state index contributed by atoms with van der Waals surface area (Å²) in [5.74, 6) is -0.0155. The third-order valence-corrected chi connectivity index (χ3v) is 2.37. The molecule has 2 rings (SSSR count). The van der Waals surface area contributed by atoms with E-state index in [1.165, 1.54) is 24.3 Å². The van der Waals surface area contributed by atoms with Gasteiger partial charge in [-0.3, -0.25) is 10.2 Å². The van der Waals surface area contributed by atoms with E-state index in [4.69, 9.17) is 16.2 Å². The van der Waals surface area contributed by atoms with Gasteiger partial charge in [-0.2, -0.15) is 5.26 Å². The molecule has 0 aliphatic heterocycles. The van der Waals surface area contributed by atoms with Crippen molar-refractivity contribution in [2.24, 2.45) is 0 Å². The number of hydrogen-bond acceptors (Lipinski definition) is 6. The molecule has 0 saturated heterocycles. The summed E-state index contributed by atoms with van der Waals surface area (Å²) >= 11 is 0. The molecule has 92 valence electrons. The van der Waals surface area contributed by atoms with E-state index < -0.39 is 5.69 Å². The standard InChI is InChI=1S/C10H8N5O3/c11-5-8-9(12)14(10(16)13-8)6-1-3-7(4-2-6)15(17)18/h1-4,17H,12H2,(H,13,16)/q-1. The molecule has 0 aliphatic carbocycles. The molecular formula is C10H8N5O3-. The molecule has 0 aliphatic rings. The normalized spacial score (nSPS) is 10.1. The Morgan fingerprint density at radius 3 is 2.50 bits per heavy atom. The topological polar surface area (TPSA) is 134 Å². The van der Waals surface area contributed by atoms with Gasteiger partial charge in [-0.25, -0.2) is 9.36 Å². The average molecular weight is 246 g/mol. The van der Waals surface area contributed by atoms with Crippen molar-refractivity contribution in [2.75, 3.05) is 11.0 Å². The van der Waals surface area contributed by atoms with Gasteiger partial charge in [0.2, 0.25) is 0 Å². The quantitative estimate of drug-likeness (QED) is 0.653. The van der Waals surface area contributed by atoms with E-state index in [9.17, 15) is 10.0 Å². The number of benzene rings is 1. The van der Waals surface area contributed by atoms with Gasteiger partial charge in [0.1, 0.15) is 11.9 Å². The fraction of sp³-hybridized carbons (Fsp3) is 0. The van der Waals surface area contributed by atoms with Gasteiger partial charge < -0.3 is 16.2 Å². The molecule has 0 bridgehead atoms. The van der Waals surface area contributed by atoms with Gasteiger partial charge in [0.15, 0.2) is 5.69 Å². The lowest BCUT2D eigenvalue weighted by Crippen LogP contribution is -2.16. The number of rotatable bonds is 2. The first-order valence-electron chi connectivity index (χ1n) is 4.81. The zero-order valence-corrected chi connectivity index (χ0v) is 8.99. The van der Waals surface area contributed by atoms with Crippen molar-refractivity contribution in [3.8, 4) is 11.8 Å². The smallest absolute Gasteiger partial charge is 0.332 e. The van der Waals surface area contributed by atoms with Crippen LogP contribution in [0.2, 0.25) is 0 Å². The first-order chi connectivity index (χ1) is 8.54. The van der Waals surface area contributed by atoms with Crippen molar-refractivity contribution in [3.63, 3.8) is 0 Å². The van der Waals surface area contributed by atoms with Crippen LogP contribution in [-0.2, 0) is 0 Å². The van der Waals surface area contributed by atoms with E-state index >= 15 is 0 Å². The molecule has 18 heavy (non-hydrogen) atoms. The molecule has 0 atom stereocenters. The Balaban J connectivity index is 2.53. The molecule has 0 saturated carbocycles. The van der Waals surface area contributed by atoms with Gasteiger partial charge in [0.25, 0.3) is 0 Å². The van der Waals surface area contributed by atoms with Gasteiger partial charge in [-0.15, -0.1) is 0 Å². The van der Waals surface area contributed by atoms with Crippen molar-refractivity contribution in [3.05, 3.63) is 45.7 Å². The van der Waals surface area contributed by atoms with Crippen LogP contribution in [0.3, 0.4) is 0 Å². The molecule has 0 amide bonds. The summed E-state index contributed by atoms with van der Waals surface area (Å²) in [7, 11) is 0. The summed E-state index contributed by atoms with van der Waals surface area (Å²) in [5.41, 5.74) is 5.44. The Bertz CT molecular complexity index is 662. The molecule has 1 heterocycles. The number of nitrogens with one attached hydrogen (secondary N) is 1. The van der Waals surface area contributed by atoms with Gasteiger partial charge >= 0.3 is 5.69 Å². The van der Waals surface area contributed by atoms with E-state index in [-0.39, 0.29) is 22.4 Å². The van der Waals surface area contributed by atoms with E-state index in [0.29, 0.717) is 5.69 Å². The molecule has 1 aromatic carbocycles. The number of H-pyrrole nitrogens is 1. The number of anilines is 2. The largest absolute Gasteiger partial charge is 0.733 e. The van der Waals surface area contributed by atoms with Crippen LogP contribution in [0.25, 0.3) is 5.69 Å². The molecular weight excluding hydrogens is 238 g/mol. The second-order valence-electron chi connectivity index (χ2n) is 3.43. The van der Waals surface area contributed by atoms with Crippen molar-refractivity contribution < 1.29 is 5.21 Å². The van der Waals surface area contributed by atoms with E-state index in [1.54, 1.807) is 6.07 Å². The summed E-state index contributed by atoms with van der Waals surface area (Å²) in [6.07, 6.45) is 0. The first-order valence-corrected chi connectivity index (χ1v) is 4.81. The zero-order valence-electron chi connectivity index (χ0n) is 8.99. The highest BCUT2D eigenvalue weighted by Gasteiger charge is 2.11. The maximum atomic E-state index is 11.6. The molecule has 0 spiro atoms. The monoisotopic (exact) mass is 246 g/mol. The minimum atomic E-state index is -0.556. The Morgan fingerprint density at radius 2 is 2.06 bits per heavy atom. The predicted octanol–water partition coefficient (Wildman–Crippen LogP) is 0.313. The third kappa shape index (κ3) is 1.80. The van der Waals surface area contributed by atoms with Crippen LogP contribution >= 0.6 is 0 Å². The SMILES string of the molecule is N#Cc1[nH]c(=O)n(-c2ccc(N([O-])O)cc2)c1N. The highest BCUT2D eigenvalue weighted by molar-refractivity contribution is 5.54. The second-order valence-corrected chi connectivity index (χ2v) is 3.43. The molecule has 8 heteroatoms. The summed E-state index contributed by atoms with van der Waals surface area (Å²) in [5, 5.41) is 27.7. The number of aromatic amines is 1. The minimum Gasteiger partial charge on any atom is -0.733 e. The van der Waals surface area contributed by atoms with E-state index in [1.807, 2.05) is 0 Å². The zero-order chi connectivity index (χ0) is 13.3. The lowest BCUT2D eigenvalue weighted by molar-refractivity contribution is 0.296. The van der Waals surface area contributed by atoms with Crippen molar-refractivity contribution in [1.29, 1.82) is 5.26 Å². The molecule has 0 unspecified atom stereocenters. The van der Waals surface area contributed by atoms with Crippen LogP contribution in [0.4, 0.5) is 11.5 Å². The first kappa shape index (κ1) is 11.7. The molecule has 1 aromatic heterocycles. The number of nitriles is 1. The molecule has 8 nitrogen and oxygen atoms in total. The maximum Gasteiger partial charge on any atom is 0.332 e. The highest BCUT2D eigenvalue weighted by atomic mass is 16.8.